The van der Waals surface area contributed by atoms with Crippen LogP contribution in [-0.2, 0) is 27.8 Å². The molecule has 1 N–H and O–H groups in total. The fourth-order valence-corrected chi connectivity index (χ4v) is 4.02. The molecule has 3 rings (SSSR count). The summed E-state index contributed by atoms with van der Waals surface area (Å²) < 4.78 is 31.4. The van der Waals surface area contributed by atoms with Crippen LogP contribution in [0.4, 0.5) is 5.69 Å². The molecule has 3 aromatic carbocycles. The van der Waals surface area contributed by atoms with E-state index in [4.69, 9.17) is 16.3 Å². The topological polar surface area (TPSA) is 75.7 Å². The Morgan fingerprint density at radius 2 is 1.59 bits per heavy atom. The Kier molecular flexibility index (Phi) is 8.14. The predicted octanol–water partition coefficient (Wildman–Crippen LogP) is 4.04. The number of carbonyl (C=O) groups excluding carboxylic acids is 1. The van der Waals surface area contributed by atoms with Crippen LogP contribution in [-0.4, -0.2) is 33.7 Å². The van der Waals surface area contributed by atoms with Crippen LogP contribution in [0.1, 0.15) is 11.1 Å². The monoisotopic (exact) mass is 472 g/mol. The largest absolute Gasteiger partial charge is 0.489 e. The molecule has 0 saturated heterocycles. The number of ether oxygens (including phenoxy) is 1. The zero-order chi connectivity index (χ0) is 23.0. The van der Waals surface area contributed by atoms with Gasteiger partial charge in [0.2, 0.25) is 15.9 Å². The number of hydrogen-bond donors (Lipinski definition) is 1. The van der Waals surface area contributed by atoms with Gasteiger partial charge in [0, 0.05) is 11.6 Å². The van der Waals surface area contributed by atoms with E-state index in [9.17, 15) is 13.2 Å². The highest BCUT2D eigenvalue weighted by Crippen LogP contribution is 2.22. The molecular weight excluding hydrogens is 448 g/mol. The molecule has 6 nitrogen and oxygen atoms in total. The summed E-state index contributed by atoms with van der Waals surface area (Å²) in [4.78, 5) is 12.4. The van der Waals surface area contributed by atoms with Crippen LogP contribution in [0.25, 0.3) is 0 Å². The molecule has 0 heterocycles. The van der Waals surface area contributed by atoms with Gasteiger partial charge in [-0.15, -0.1) is 0 Å². The molecule has 0 spiro atoms. The summed E-state index contributed by atoms with van der Waals surface area (Å²) in [7, 11) is -3.65. The van der Waals surface area contributed by atoms with E-state index in [-0.39, 0.29) is 12.5 Å². The molecule has 1 amide bonds. The number of rotatable bonds is 10. The van der Waals surface area contributed by atoms with Crippen molar-refractivity contribution in [3.63, 3.8) is 0 Å². The second-order valence-corrected chi connectivity index (χ2v) is 9.61. The minimum Gasteiger partial charge on any atom is -0.489 e. The molecule has 3 aromatic rings. The van der Waals surface area contributed by atoms with Crippen molar-refractivity contribution in [3.05, 3.63) is 95.0 Å². The van der Waals surface area contributed by atoms with Crippen molar-refractivity contribution in [2.45, 2.75) is 13.0 Å². The maximum absolute atomic E-state index is 12.4. The van der Waals surface area contributed by atoms with Crippen molar-refractivity contribution < 1.29 is 17.9 Å². The Bertz CT molecular complexity index is 1120. The number of sulfonamides is 1. The lowest BCUT2D eigenvalue weighted by Gasteiger charge is -2.22. The van der Waals surface area contributed by atoms with Gasteiger partial charge in [0.1, 0.15) is 18.9 Å². The second-order valence-electron chi connectivity index (χ2n) is 7.26. The van der Waals surface area contributed by atoms with Gasteiger partial charge >= 0.3 is 0 Å². The Labute approximate surface area is 193 Å². The summed E-state index contributed by atoms with van der Waals surface area (Å²) in [5, 5.41) is 3.42. The first kappa shape index (κ1) is 23.6. The molecule has 168 valence electrons. The Morgan fingerprint density at radius 1 is 0.938 bits per heavy atom. The molecule has 0 radical (unpaired) electrons. The number of nitrogens with zero attached hydrogens (tertiary/aromatic N) is 1. The van der Waals surface area contributed by atoms with Gasteiger partial charge in [-0.1, -0.05) is 54.1 Å². The molecule has 8 heteroatoms. The highest BCUT2D eigenvalue weighted by atomic mass is 35.5. The van der Waals surface area contributed by atoms with E-state index in [0.717, 1.165) is 21.7 Å². The van der Waals surface area contributed by atoms with Crippen LogP contribution in [0.5, 0.6) is 5.75 Å². The summed E-state index contributed by atoms with van der Waals surface area (Å²) in [5.74, 6) is 0.229. The molecule has 0 atom stereocenters. The molecule has 0 bridgehead atoms. The average Bonchev–Trinajstić information content (AvgIpc) is 2.78. The maximum Gasteiger partial charge on any atom is 0.240 e. The Morgan fingerprint density at radius 3 is 2.22 bits per heavy atom. The first-order valence-electron chi connectivity index (χ1n) is 10.1. The third kappa shape index (κ3) is 7.28. The quantitative estimate of drug-likeness (QED) is 0.483. The molecule has 0 aromatic heterocycles. The lowest BCUT2D eigenvalue weighted by atomic mass is 10.1. The van der Waals surface area contributed by atoms with Crippen LogP contribution in [0, 0.1) is 0 Å². The molecule has 0 unspecified atom stereocenters. The minimum absolute atomic E-state index is 0.302. The smallest absolute Gasteiger partial charge is 0.240 e. The van der Waals surface area contributed by atoms with Gasteiger partial charge in [0.05, 0.1) is 11.9 Å². The van der Waals surface area contributed by atoms with Crippen molar-refractivity contribution in [3.8, 4) is 5.75 Å². The van der Waals surface area contributed by atoms with Crippen molar-refractivity contribution >= 4 is 33.2 Å². The van der Waals surface area contributed by atoms with E-state index < -0.39 is 10.0 Å². The zero-order valence-corrected chi connectivity index (χ0v) is 19.3. The van der Waals surface area contributed by atoms with Crippen LogP contribution >= 0.6 is 11.6 Å². The van der Waals surface area contributed by atoms with E-state index in [2.05, 4.69) is 5.32 Å². The molecule has 0 fully saturated rings. The Balaban J connectivity index is 1.57. The Hall–Kier alpha value is -3.03. The lowest BCUT2D eigenvalue weighted by Crippen LogP contribution is -2.40. The van der Waals surface area contributed by atoms with E-state index >= 15 is 0 Å². The fraction of sp³-hybridized carbons (Fsp3) is 0.208. The predicted molar refractivity (Wildman–Crippen MR) is 128 cm³/mol. The van der Waals surface area contributed by atoms with Crippen LogP contribution in [0.2, 0.25) is 5.02 Å². The molecule has 0 saturated carbocycles. The number of carbonyl (C=O) groups is 1. The van der Waals surface area contributed by atoms with E-state index in [1.54, 1.807) is 36.4 Å². The van der Waals surface area contributed by atoms with Crippen molar-refractivity contribution in [2.75, 3.05) is 23.7 Å². The zero-order valence-electron chi connectivity index (χ0n) is 17.7. The standard InChI is InChI=1S/C24H25ClN2O4S/c1-32(29,30)27(17-24(28)26-16-15-19-7-9-21(25)10-8-19)22-11-13-23(14-12-22)31-18-20-5-3-2-4-6-20/h2-14H,15-18H2,1H3,(H,26,28). The summed E-state index contributed by atoms with van der Waals surface area (Å²) in [6.45, 7) is 0.500. The third-order valence-corrected chi connectivity index (χ3v) is 6.10. The summed E-state index contributed by atoms with van der Waals surface area (Å²) in [5.41, 5.74) is 2.46. The SMILES string of the molecule is CS(=O)(=O)N(CC(=O)NCCc1ccc(Cl)cc1)c1ccc(OCc2ccccc2)cc1. The highest BCUT2D eigenvalue weighted by Gasteiger charge is 2.20. The van der Waals surface area contributed by atoms with Gasteiger partial charge < -0.3 is 10.1 Å². The summed E-state index contributed by atoms with van der Waals surface area (Å²) >= 11 is 5.87. The number of benzene rings is 3. The van der Waals surface area contributed by atoms with Gasteiger partial charge in [-0.3, -0.25) is 9.10 Å². The summed E-state index contributed by atoms with van der Waals surface area (Å²) in [6, 6.07) is 23.7. The van der Waals surface area contributed by atoms with Gasteiger partial charge in [0.25, 0.3) is 0 Å². The lowest BCUT2D eigenvalue weighted by molar-refractivity contribution is -0.119. The minimum atomic E-state index is -3.65. The first-order chi connectivity index (χ1) is 15.3. The summed E-state index contributed by atoms with van der Waals surface area (Å²) in [6.07, 6.45) is 1.70. The van der Waals surface area contributed by atoms with Gasteiger partial charge in [0.15, 0.2) is 0 Å². The van der Waals surface area contributed by atoms with Crippen molar-refractivity contribution in [1.29, 1.82) is 0 Å². The van der Waals surface area contributed by atoms with Crippen molar-refractivity contribution in [2.24, 2.45) is 0 Å². The number of halogens is 1. The maximum atomic E-state index is 12.4. The fourth-order valence-electron chi connectivity index (χ4n) is 3.03. The number of hydrogen-bond acceptors (Lipinski definition) is 4. The molecular formula is C24H25ClN2O4S. The highest BCUT2D eigenvalue weighted by molar-refractivity contribution is 7.92. The average molecular weight is 473 g/mol. The van der Waals surface area contributed by atoms with Crippen molar-refractivity contribution in [1.82, 2.24) is 5.32 Å². The van der Waals surface area contributed by atoms with E-state index in [1.165, 1.54) is 0 Å². The number of anilines is 1. The number of amides is 1. The number of nitrogens with one attached hydrogen (secondary N) is 1. The first-order valence-corrected chi connectivity index (χ1v) is 12.3. The molecule has 0 aliphatic rings. The molecule has 32 heavy (non-hydrogen) atoms. The normalized spacial score (nSPS) is 11.1. The van der Waals surface area contributed by atoms with Gasteiger partial charge in [-0.25, -0.2) is 8.42 Å². The molecule has 0 aliphatic heterocycles. The van der Waals surface area contributed by atoms with Gasteiger partial charge in [-0.2, -0.15) is 0 Å². The van der Waals surface area contributed by atoms with Crippen LogP contribution in [0.3, 0.4) is 0 Å². The van der Waals surface area contributed by atoms with E-state index in [1.807, 2.05) is 42.5 Å². The van der Waals surface area contributed by atoms with Crippen LogP contribution < -0.4 is 14.4 Å². The van der Waals surface area contributed by atoms with Crippen LogP contribution in [0.15, 0.2) is 78.9 Å². The van der Waals surface area contributed by atoms with Gasteiger partial charge in [-0.05, 0) is 53.9 Å². The third-order valence-electron chi connectivity index (χ3n) is 4.71. The second kappa shape index (κ2) is 11.0. The molecule has 0 aliphatic carbocycles. The van der Waals surface area contributed by atoms with E-state index in [0.29, 0.717) is 36.0 Å².